The number of halogens is 1. The fourth-order valence-corrected chi connectivity index (χ4v) is 2.63. The zero-order chi connectivity index (χ0) is 15.2. The van der Waals surface area contributed by atoms with Crippen LogP contribution >= 0.6 is 11.3 Å². The topological polar surface area (TPSA) is 55.1 Å². The quantitative estimate of drug-likeness (QED) is 0.856. The predicted molar refractivity (Wildman–Crippen MR) is 82.6 cm³/mol. The van der Waals surface area contributed by atoms with E-state index in [2.05, 4.69) is 17.2 Å². The summed E-state index contributed by atoms with van der Waals surface area (Å²) in [6.45, 7) is 2.58. The first-order valence-electron chi connectivity index (χ1n) is 6.40. The lowest BCUT2D eigenvalue weighted by Gasteiger charge is -2.06. The highest BCUT2D eigenvalue weighted by Gasteiger charge is 2.12. The second kappa shape index (κ2) is 7.02. The largest absolute Gasteiger partial charge is 0.348 e. The van der Waals surface area contributed by atoms with E-state index in [9.17, 15) is 9.18 Å². The smallest absolute Gasteiger partial charge is 0.254 e. The summed E-state index contributed by atoms with van der Waals surface area (Å²) in [6, 6.07) is 4.29. The van der Waals surface area contributed by atoms with Crippen molar-refractivity contribution in [3.05, 3.63) is 57.0 Å². The Kier molecular flexibility index (Phi) is 5.09. The van der Waals surface area contributed by atoms with Gasteiger partial charge in [-0.15, -0.1) is 0 Å². The molecule has 21 heavy (non-hydrogen) atoms. The summed E-state index contributed by atoms with van der Waals surface area (Å²) in [5.41, 5.74) is 7.94. The Balaban J connectivity index is 2.07. The number of hydrogen-bond donors (Lipinski definition) is 2. The molecule has 0 saturated carbocycles. The molecule has 0 aliphatic rings. The first-order chi connectivity index (χ1) is 10.1. The van der Waals surface area contributed by atoms with E-state index in [4.69, 9.17) is 5.73 Å². The first-order valence-corrected chi connectivity index (χ1v) is 7.34. The molecule has 0 aliphatic carbocycles. The highest BCUT2D eigenvalue weighted by molar-refractivity contribution is 7.08. The molecule has 1 amide bonds. The summed E-state index contributed by atoms with van der Waals surface area (Å²) in [4.78, 5) is 12.0. The van der Waals surface area contributed by atoms with Crippen molar-refractivity contribution in [1.82, 2.24) is 5.32 Å². The lowest BCUT2D eigenvalue weighted by atomic mass is 10.1. The Morgan fingerprint density at radius 2 is 2.24 bits per heavy atom. The van der Waals surface area contributed by atoms with Crippen molar-refractivity contribution in [2.75, 3.05) is 6.54 Å². The number of hydrogen-bond acceptors (Lipinski definition) is 3. The molecule has 0 radical (unpaired) electrons. The van der Waals surface area contributed by atoms with E-state index in [-0.39, 0.29) is 12.1 Å². The number of thiophene rings is 1. The molecular formula is C16H15FN2OS. The molecule has 0 atom stereocenters. The Bertz CT molecular complexity index is 713. The van der Waals surface area contributed by atoms with Crippen LogP contribution < -0.4 is 11.1 Å². The van der Waals surface area contributed by atoms with Crippen LogP contribution in [0.5, 0.6) is 0 Å². The van der Waals surface area contributed by atoms with Crippen LogP contribution in [0.3, 0.4) is 0 Å². The lowest BCUT2D eigenvalue weighted by molar-refractivity contribution is 0.0947. The summed E-state index contributed by atoms with van der Waals surface area (Å²) < 4.78 is 13.9. The molecule has 3 nitrogen and oxygen atoms in total. The molecule has 1 aromatic carbocycles. The summed E-state index contributed by atoms with van der Waals surface area (Å²) in [7, 11) is 0. The van der Waals surface area contributed by atoms with Crippen LogP contribution in [0.2, 0.25) is 0 Å². The molecule has 0 aliphatic heterocycles. The molecule has 0 spiro atoms. The second-order valence-electron chi connectivity index (χ2n) is 4.46. The highest BCUT2D eigenvalue weighted by atomic mass is 32.1. The minimum atomic E-state index is -0.585. The summed E-state index contributed by atoms with van der Waals surface area (Å²) in [5.74, 6) is 4.35. The molecule has 2 aromatic rings. The van der Waals surface area contributed by atoms with Crippen molar-refractivity contribution in [3.8, 4) is 11.8 Å². The third-order valence-corrected chi connectivity index (χ3v) is 3.86. The summed E-state index contributed by atoms with van der Waals surface area (Å²) >= 11 is 1.58. The fraction of sp³-hybridized carbons (Fsp3) is 0.188. The predicted octanol–water partition coefficient (Wildman–Crippen LogP) is 2.44. The van der Waals surface area contributed by atoms with E-state index < -0.39 is 11.7 Å². The van der Waals surface area contributed by atoms with Gasteiger partial charge in [0, 0.05) is 12.1 Å². The second-order valence-corrected chi connectivity index (χ2v) is 5.21. The fourth-order valence-electron chi connectivity index (χ4n) is 1.77. The van der Waals surface area contributed by atoms with E-state index in [0.717, 1.165) is 11.1 Å². The van der Waals surface area contributed by atoms with Crippen LogP contribution in [-0.2, 0) is 6.54 Å². The lowest BCUT2D eigenvalue weighted by Crippen LogP contribution is -2.24. The Hall–Kier alpha value is -2.16. The van der Waals surface area contributed by atoms with Gasteiger partial charge in [-0.05, 0) is 47.0 Å². The number of rotatable bonds is 3. The first kappa shape index (κ1) is 15.2. The van der Waals surface area contributed by atoms with Crippen molar-refractivity contribution in [2.45, 2.75) is 13.5 Å². The third kappa shape index (κ3) is 3.91. The van der Waals surface area contributed by atoms with Gasteiger partial charge in [-0.2, -0.15) is 11.3 Å². The monoisotopic (exact) mass is 302 g/mol. The molecule has 5 heteroatoms. The SMILES string of the molecule is Cc1cscc1CNC(=O)c1ccc(C#CCN)cc1F. The Morgan fingerprint density at radius 3 is 2.86 bits per heavy atom. The van der Waals surface area contributed by atoms with Crippen molar-refractivity contribution in [2.24, 2.45) is 5.73 Å². The molecular weight excluding hydrogens is 287 g/mol. The van der Waals surface area contributed by atoms with Gasteiger partial charge in [0.25, 0.3) is 5.91 Å². The highest BCUT2D eigenvalue weighted by Crippen LogP contribution is 2.14. The van der Waals surface area contributed by atoms with Gasteiger partial charge in [0.1, 0.15) is 5.82 Å². The van der Waals surface area contributed by atoms with Crippen LogP contribution in [0.15, 0.2) is 29.0 Å². The molecule has 0 fully saturated rings. The average molecular weight is 302 g/mol. The van der Waals surface area contributed by atoms with Crippen LogP contribution in [0, 0.1) is 24.6 Å². The molecule has 3 N–H and O–H groups in total. The maximum Gasteiger partial charge on any atom is 0.254 e. The number of aryl methyl sites for hydroxylation is 1. The van der Waals surface area contributed by atoms with Gasteiger partial charge in [0.2, 0.25) is 0 Å². The van der Waals surface area contributed by atoms with Crippen LogP contribution in [0.25, 0.3) is 0 Å². The third-order valence-electron chi connectivity index (χ3n) is 2.95. The van der Waals surface area contributed by atoms with Crippen molar-refractivity contribution >= 4 is 17.2 Å². The molecule has 0 saturated heterocycles. The minimum absolute atomic E-state index is 0.0150. The van der Waals surface area contributed by atoms with E-state index in [1.165, 1.54) is 12.1 Å². The van der Waals surface area contributed by atoms with Crippen LogP contribution in [0.1, 0.15) is 27.0 Å². The molecule has 2 rings (SSSR count). The van der Waals surface area contributed by atoms with Gasteiger partial charge in [0.05, 0.1) is 12.1 Å². The number of carbonyl (C=O) groups is 1. The van der Waals surface area contributed by atoms with Gasteiger partial charge in [-0.3, -0.25) is 4.79 Å². The normalized spacial score (nSPS) is 9.86. The number of amides is 1. The number of nitrogens with one attached hydrogen (secondary N) is 1. The minimum Gasteiger partial charge on any atom is -0.348 e. The van der Waals surface area contributed by atoms with E-state index in [1.807, 2.05) is 17.7 Å². The van der Waals surface area contributed by atoms with Crippen molar-refractivity contribution < 1.29 is 9.18 Å². The van der Waals surface area contributed by atoms with E-state index in [1.54, 1.807) is 17.4 Å². The molecule has 0 unspecified atom stereocenters. The van der Waals surface area contributed by atoms with Gasteiger partial charge in [-0.1, -0.05) is 11.8 Å². The van der Waals surface area contributed by atoms with Crippen molar-refractivity contribution in [3.63, 3.8) is 0 Å². The maximum absolute atomic E-state index is 13.9. The maximum atomic E-state index is 13.9. The average Bonchev–Trinajstić information content (AvgIpc) is 2.88. The number of carbonyl (C=O) groups excluding carboxylic acids is 1. The molecule has 1 heterocycles. The van der Waals surface area contributed by atoms with E-state index in [0.29, 0.717) is 12.1 Å². The van der Waals surface area contributed by atoms with E-state index >= 15 is 0 Å². The summed E-state index contributed by atoms with van der Waals surface area (Å²) in [5, 5.41) is 6.69. The van der Waals surface area contributed by atoms with Crippen molar-refractivity contribution in [1.29, 1.82) is 0 Å². The molecule has 0 bridgehead atoms. The van der Waals surface area contributed by atoms with Crippen LogP contribution in [0.4, 0.5) is 4.39 Å². The van der Waals surface area contributed by atoms with Gasteiger partial charge in [0.15, 0.2) is 0 Å². The van der Waals surface area contributed by atoms with Gasteiger partial charge >= 0.3 is 0 Å². The molecule has 108 valence electrons. The Labute approximate surface area is 127 Å². The van der Waals surface area contributed by atoms with Gasteiger partial charge in [-0.25, -0.2) is 4.39 Å². The Morgan fingerprint density at radius 1 is 1.43 bits per heavy atom. The van der Waals surface area contributed by atoms with Crippen LogP contribution in [-0.4, -0.2) is 12.5 Å². The molecule has 1 aromatic heterocycles. The number of benzene rings is 1. The number of nitrogens with two attached hydrogens (primary N) is 1. The summed E-state index contributed by atoms with van der Waals surface area (Å²) in [6.07, 6.45) is 0. The zero-order valence-corrected chi connectivity index (χ0v) is 12.4. The standard InChI is InChI=1S/C16H15FN2OS/c1-11-9-21-10-13(11)8-19-16(20)14-5-4-12(3-2-6-18)7-15(14)17/h4-5,7,9-10H,6,8,18H2,1H3,(H,19,20). The van der Waals surface area contributed by atoms with Gasteiger partial charge < -0.3 is 11.1 Å². The zero-order valence-electron chi connectivity index (χ0n) is 11.6.